The fraction of sp³-hybridized carbons (Fsp3) is 0.130. The van der Waals surface area contributed by atoms with Crippen LogP contribution in [0.25, 0.3) is 0 Å². The minimum absolute atomic E-state index is 0.334. The van der Waals surface area contributed by atoms with Gasteiger partial charge >= 0.3 is 5.97 Å². The lowest BCUT2D eigenvalue weighted by atomic mass is 10.1. The topological polar surface area (TPSA) is 52.6 Å². The van der Waals surface area contributed by atoms with E-state index in [1.165, 1.54) is 5.56 Å². The first kappa shape index (κ1) is 19.6. The summed E-state index contributed by atoms with van der Waals surface area (Å²) < 4.78 is 10.8. The Morgan fingerprint density at radius 2 is 1.57 bits per heavy atom. The second-order valence-corrected chi connectivity index (χ2v) is 6.69. The molecule has 0 unspecified atom stereocenters. The van der Waals surface area contributed by atoms with E-state index in [0.29, 0.717) is 22.8 Å². The number of hydrogen-bond acceptors (Lipinski definition) is 4. The molecule has 0 N–H and O–H groups in total. The van der Waals surface area contributed by atoms with Gasteiger partial charge in [0.15, 0.2) is 6.61 Å². The molecule has 0 atom stereocenters. The first-order chi connectivity index (χ1) is 13.5. The summed E-state index contributed by atoms with van der Waals surface area (Å²) in [5, 5.41) is 0.335. The molecule has 0 saturated heterocycles. The molecule has 0 aromatic heterocycles. The van der Waals surface area contributed by atoms with Gasteiger partial charge in [0, 0.05) is 5.56 Å². The summed E-state index contributed by atoms with van der Waals surface area (Å²) in [4.78, 5) is 24.3. The zero-order valence-electron chi connectivity index (χ0n) is 15.4. The van der Waals surface area contributed by atoms with E-state index in [-0.39, 0.29) is 12.4 Å². The van der Waals surface area contributed by atoms with Crippen molar-refractivity contribution in [3.8, 4) is 5.75 Å². The van der Waals surface area contributed by atoms with Gasteiger partial charge in [0.05, 0.1) is 10.6 Å². The maximum Gasteiger partial charge on any atom is 0.338 e. The Kier molecular flexibility index (Phi) is 6.45. The molecule has 0 amide bonds. The van der Waals surface area contributed by atoms with Crippen LogP contribution in [0.15, 0.2) is 72.8 Å². The van der Waals surface area contributed by atoms with E-state index in [4.69, 9.17) is 21.1 Å². The highest BCUT2D eigenvalue weighted by molar-refractivity contribution is 6.34. The van der Waals surface area contributed by atoms with Crippen molar-refractivity contribution >= 4 is 23.4 Å². The third-order valence-electron chi connectivity index (χ3n) is 4.12. The van der Waals surface area contributed by atoms with Gasteiger partial charge in [0.2, 0.25) is 5.78 Å². The monoisotopic (exact) mass is 394 g/mol. The van der Waals surface area contributed by atoms with Crippen molar-refractivity contribution in [3.05, 3.63) is 100 Å². The molecule has 4 nitrogen and oxygen atoms in total. The average Bonchev–Trinajstić information content (AvgIpc) is 2.72. The molecule has 142 valence electrons. The second-order valence-electron chi connectivity index (χ2n) is 6.28. The van der Waals surface area contributed by atoms with E-state index in [0.717, 1.165) is 11.3 Å². The van der Waals surface area contributed by atoms with Gasteiger partial charge in [-0.3, -0.25) is 4.79 Å². The quantitative estimate of drug-likeness (QED) is 0.404. The largest absolute Gasteiger partial charge is 0.489 e. The van der Waals surface area contributed by atoms with Gasteiger partial charge in [-0.2, -0.15) is 0 Å². The highest BCUT2D eigenvalue weighted by Gasteiger charge is 2.14. The van der Waals surface area contributed by atoms with Crippen molar-refractivity contribution in [3.63, 3.8) is 0 Å². The molecule has 3 aromatic carbocycles. The molecule has 0 aliphatic carbocycles. The van der Waals surface area contributed by atoms with Gasteiger partial charge in [-0.05, 0) is 48.9 Å². The summed E-state index contributed by atoms with van der Waals surface area (Å²) >= 11 is 5.98. The highest BCUT2D eigenvalue weighted by Crippen LogP contribution is 2.17. The number of carbonyl (C=O) groups is 2. The Balaban J connectivity index is 1.52. The Morgan fingerprint density at radius 1 is 0.893 bits per heavy atom. The minimum Gasteiger partial charge on any atom is -0.489 e. The first-order valence-corrected chi connectivity index (χ1v) is 9.14. The van der Waals surface area contributed by atoms with E-state index in [2.05, 4.69) is 0 Å². The molecule has 0 fully saturated rings. The number of benzene rings is 3. The molecule has 3 rings (SSSR count). The van der Waals surface area contributed by atoms with Crippen LogP contribution in [0.3, 0.4) is 0 Å². The third kappa shape index (κ3) is 5.21. The van der Waals surface area contributed by atoms with E-state index < -0.39 is 5.97 Å². The van der Waals surface area contributed by atoms with E-state index in [9.17, 15) is 9.59 Å². The molecule has 5 heteroatoms. The first-order valence-electron chi connectivity index (χ1n) is 8.76. The standard InChI is InChI=1S/C23H19ClO4/c1-16-6-12-19(13-7-16)27-14-17-8-10-18(11-9-17)23(26)28-15-22(25)20-4-2-3-5-21(20)24/h2-13H,14-15H2,1H3. The average molecular weight is 395 g/mol. The van der Waals surface area contributed by atoms with Crippen molar-refractivity contribution < 1.29 is 19.1 Å². The maximum atomic E-state index is 12.1. The molecular weight excluding hydrogens is 376 g/mol. The van der Waals surface area contributed by atoms with Crippen LogP contribution in [0.5, 0.6) is 5.75 Å². The van der Waals surface area contributed by atoms with Crippen molar-refractivity contribution in [2.24, 2.45) is 0 Å². The number of aryl methyl sites for hydroxylation is 1. The van der Waals surface area contributed by atoms with Crippen molar-refractivity contribution in [2.75, 3.05) is 6.61 Å². The molecule has 0 saturated carbocycles. The fourth-order valence-electron chi connectivity index (χ4n) is 2.52. The van der Waals surface area contributed by atoms with Crippen LogP contribution in [0.1, 0.15) is 31.8 Å². The Hall–Kier alpha value is -3.11. The van der Waals surface area contributed by atoms with Crippen LogP contribution in [0, 0.1) is 6.92 Å². The van der Waals surface area contributed by atoms with Crippen LogP contribution in [0.2, 0.25) is 5.02 Å². The Bertz CT molecular complexity index is 963. The summed E-state index contributed by atoms with van der Waals surface area (Å²) in [7, 11) is 0. The molecule has 0 aliphatic rings. The van der Waals surface area contributed by atoms with Crippen LogP contribution >= 0.6 is 11.6 Å². The highest BCUT2D eigenvalue weighted by atomic mass is 35.5. The summed E-state index contributed by atoms with van der Waals surface area (Å²) in [5.74, 6) is -0.124. The van der Waals surface area contributed by atoms with E-state index in [1.54, 1.807) is 48.5 Å². The zero-order valence-corrected chi connectivity index (χ0v) is 16.1. The molecule has 0 heterocycles. The number of halogens is 1. The van der Waals surface area contributed by atoms with Crippen molar-refractivity contribution in [1.29, 1.82) is 0 Å². The number of Topliss-reactive ketones (excluding diaryl/α,β-unsaturated/α-hetero) is 1. The van der Waals surface area contributed by atoms with Crippen molar-refractivity contribution in [2.45, 2.75) is 13.5 Å². The minimum atomic E-state index is -0.564. The van der Waals surface area contributed by atoms with E-state index in [1.807, 2.05) is 31.2 Å². The lowest BCUT2D eigenvalue weighted by Crippen LogP contribution is -2.14. The van der Waals surface area contributed by atoms with Crippen LogP contribution in [0.4, 0.5) is 0 Å². The fourth-order valence-corrected chi connectivity index (χ4v) is 2.76. The van der Waals surface area contributed by atoms with Gasteiger partial charge in [0.25, 0.3) is 0 Å². The SMILES string of the molecule is Cc1ccc(OCc2ccc(C(=O)OCC(=O)c3ccccc3Cl)cc2)cc1. The summed E-state index contributed by atoms with van der Waals surface area (Å²) in [6.45, 7) is 2.05. The van der Waals surface area contributed by atoms with Gasteiger partial charge < -0.3 is 9.47 Å². The van der Waals surface area contributed by atoms with E-state index >= 15 is 0 Å². The number of hydrogen-bond donors (Lipinski definition) is 0. The lowest BCUT2D eigenvalue weighted by Gasteiger charge is -2.08. The molecule has 0 aliphatic heterocycles. The Labute approximate surface area is 168 Å². The van der Waals surface area contributed by atoms with Gasteiger partial charge in [-0.25, -0.2) is 4.79 Å². The third-order valence-corrected chi connectivity index (χ3v) is 4.45. The number of rotatable bonds is 7. The van der Waals surface area contributed by atoms with Gasteiger partial charge in [0.1, 0.15) is 12.4 Å². The van der Waals surface area contributed by atoms with Crippen LogP contribution in [-0.2, 0) is 11.3 Å². The predicted molar refractivity (Wildman–Crippen MR) is 108 cm³/mol. The summed E-state index contributed by atoms with van der Waals surface area (Å²) in [6, 6.07) is 21.3. The summed E-state index contributed by atoms with van der Waals surface area (Å²) in [5.41, 5.74) is 2.79. The predicted octanol–water partition coefficient (Wildman–Crippen LogP) is 5.27. The number of ketones is 1. The number of ether oxygens (including phenoxy) is 2. The van der Waals surface area contributed by atoms with Gasteiger partial charge in [-0.1, -0.05) is 53.6 Å². The smallest absolute Gasteiger partial charge is 0.338 e. The maximum absolute atomic E-state index is 12.1. The summed E-state index contributed by atoms with van der Waals surface area (Å²) in [6.07, 6.45) is 0. The molecule has 3 aromatic rings. The van der Waals surface area contributed by atoms with Crippen LogP contribution in [-0.4, -0.2) is 18.4 Å². The molecular formula is C23H19ClO4. The normalized spacial score (nSPS) is 10.4. The molecule has 0 bridgehead atoms. The van der Waals surface area contributed by atoms with Gasteiger partial charge in [-0.15, -0.1) is 0 Å². The number of esters is 1. The zero-order chi connectivity index (χ0) is 19.9. The number of carbonyl (C=O) groups excluding carboxylic acids is 2. The molecule has 0 radical (unpaired) electrons. The second kappa shape index (κ2) is 9.20. The molecule has 0 spiro atoms. The van der Waals surface area contributed by atoms with Crippen LogP contribution < -0.4 is 4.74 Å². The lowest BCUT2D eigenvalue weighted by molar-refractivity contribution is 0.0474. The van der Waals surface area contributed by atoms with Crippen molar-refractivity contribution in [1.82, 2.24) is 0 Å². The Morgan fingerprint density at radius 3 is 2.25 bits per heavy atom. The molecule has 28 heavy (non-hydrogen) atoms.